The summed E-state index contributed by atoms with van der Waals surface area (Å²) in [5, 5.41) is 2.49. The van der Waals surface area contributed by atoms with Gasteiger partial charge in [0.1, 0.15) is 9.84 Å². The second-order valence-corrected chi connectivity index (χ2v) is 8.07. The third-order valence-electron chi connectivity index (χ3n) is 3.48. The Labute approximate surface area is 125 Å². The number of hydrogen-bond acceptors (Lipinski definition) is 4. The van der Waals surface area contributed by atoms with Crippen molar-refractivity contribution in [2.24, 2.45) is 0 Å². The van der Waals surface area contributed by atoms with Gasteiger partial charge in [0.15, 0.2) is 0 Å². The molecule has 1 heterocycles. The fraction of sp³-hybridized carbons (Fsp3) is 0.500. The first-order valence-corrected chi connectivity index (χ1v) is 9.03. The van der Waals surface area contributed by atoms with Crippen LogP contribution in [0.4, 0.5) is 0 Å². The molecule has 0 aliphatic carbocycles. The molecule has 1 aromatic rings. The number of sulfone groups is 1. The lowest BCUT2D eigenvalue weighted by Gasteiger charge is -2.24. The van der Waals surface area contributed by atoms with Crippen LogP contribution in [0.3, 0.4) is 0 Å². The molecular weight excluding hydrogens is 294 g/mol. The first kappa shape index (κ1) is 15.4. The minimum Gasteiger partial charge on any atom is -0.352 e. The largest absolute Gasteiger partial charge is 0.352 e. The summed E-state index contributed by atoms with van der Waals surface area (Å²) in [6.45, 7) is 0. The number of amides is 1. The average Bonchev–Trinajstić information content (AvgIpc) is 2.42. The highest BCUT2D eigenvalue weighted by Crippen LogP contribution is 2.14. The van der Waals surface area contributed by atoms with Crippen molar-refractivity contribution in [3.8, 4) is 0 Å². The summed E-state index contributed by atoms with van der Waals surface area (Å²) in [6, 6.07) is 9.67. The maximum Gasteiger partial charge on any atom is 0.233 e. The van der Waals surface area contributed by atoms with Gasteiger partial charge in [0.05, 0.1) is 16.8 Å². The van der Waals surface area contributed by atoms with Crippen LogP contribution in [0.15, 0.2) is 30.3 Å². The molecule has 0 aromatic heterocycles. The van der Waals surface area contributed by atoms with Gasteiger partial charge in [-0.3, -0.25) is 4.79 Å². The second-order valence-electron chi connectivity index (χ2n) is 5.14. The quantitative estimate of drug-likeness (QED) is 0.822. The Morgan fingerprint density at radius 1 is 1.25 bits per heavy atom. The van der Waals surface area contributed by atoms with Gasteiger partial charge in [-0.25, -0.2) is 8.42 Å². The van der Waals surface area contributed by atoms with Crippen molar-refractivity contribution >= 4 is 28.4 Å². The summed E-state index contributed by atoms with van der Waals surface area (Å²) >= 11 is 4.34. The molecule has 0 radical (unpaired) electrons. The van der Waals surface area contributed by atoms with E-state index in [0.717, 1.165) is 5.56 Å². The number of benzene rings is 1. The molecule has 0 spiro atoms. The molecule has 1 aromatic carbocycles. The van der Waals surface area contributed by atoms with Gasteiger partial charge < -0.3 is 5.32 Å². The van der Waals surface area contributed by atoms with Crippen LogP contribution in [0, 0.1) is 0 Å². The smallest absolute Gasteiger partial charge is 0.233 e. The molecule has 4 nitrogen and oxygen atoms in total. The van der Waals surface area contributed by atoms with Gasteiger partial charge in [-0.15, -0.1) is 0 Å². The maximum atomic E-state index is 12.0. The van der Waals surface area contributed by atoms with Gasteiger partial charge in [0, 0.05) is 6.04 Å². The Hall–Kier alpha value is -1.01. The van der Waals surface area contributed by atoms with Crippen molar-refractivity contribution in [3.05, 3.63) is 35.9 Å². The fourth-order valence-corrected chi connectivity index (χ4v) is 4.04. The van der Waals surface area contributed by atoms with Crippen LogP contribution in [0.2, 0.25) is 0 Å². The molecule has 1 atom stereocenters. The first-order valence-electron chi connectivity index (χ1n) is 6.69. The molecule has 6 heteroatoms. The lowest BCUT2D eigenvalue weighted by molar-refractivity contribution is -0.121. The third kappa shape index (κ3) is 4.52. The average molecular weight is 313 g/mol. The summed E-state index contributed by atoms with van der Waals surface area (Å²) in [6.07, 6.45) is 1.57. The Bertz CT molecular complexity index is 543. The molecule has 1 aliphatic rings. The van der Waals surface area contributed by atoms with Gasteiger partial charge in [-0.2, -0.15) is 12.6 Å². The highest BCUT2D eigenvalue weighted by molar-refractivity contribution is 7.91. The van der Waals surface area contributed by atoms with E-state index in [-0.39, 0.29) is 23.5 Å². The van der Waals surface area contributed by atoms with Crippen molar-refractivity contribution in [2.45, 2.75) is 30.6 Å². The normalized spacial score (nSPS) is 20.2. The Morgan fingerprint density at radius 3 is 2.45 bits per heavy atom. The van der Waals surface area contributed by atoms with E-state index >= 15 is 0 Å². The molecule has 1 amide bonds. The van der Waals surface area contributed by atoms with Gasteiger partial charge in [-0.05, 0) is 24.8 Å². The molecule has 1 N–H and O–H groups in total. The van der Waals surface area contributed by atoms with Crippen LogP contribution in [0.1, 0.15) is 18.4 Å². The lowest BCUT2D eigenvalue weighted by Crippen LogP contribution is -2.44. The number of carbonyl (C=O) groups is 1. The van der Waals surface area contributed by atoms with E-state index in [4.69, 9.17) is 0 Å². The summed E-state index contributed by atoms with van der Waals surface area (Å²) < 4.78 is 22.7. The molecule has 110 valence electrons. The summed E-state index contributed by atoms with van der Waals surface area (Å²) in [7, 11) is -2.89. The Balaban J connectivity index is 1.83. The SMILES string of the molecule is O=C(NC1CCS(=O)(=O)CC1)C(S)Cc1ccccc1. The first-order chi connectivity index (χ1) is 9.46. The molecule has 1 unspecified atom stereocenters. The van der Waals surface area contributed by atoms with E-state index in [1.165, 1.54) is 0 Å². The van der Waals surface area contributed by atoms with Gasteiger partial charge in [-0.1, -0.05) is 30.3 Å². The van der Waals surface area contributed by atoms with Crippen molar-refractivity contribution in [1.29, 1.82) is 0 Å². The van der Waals surface area contributed by atoms with Crippen molar-refractivity contribution in [2.75, 3.05) is 11.5 Å². The fourth-order valence-electron chi connectivity index (χ4n) is 2.26. The van der Waals surface area contributed by atoms with Crippen LogP contribution in [-0.2, 0) is 21.1 Å². The van der Waals surface area contributed by atoms with Crippen LogP contribution >= 0.6 is 12.6 Å². The van der Waals surface area contributed by atoms with E-state index in [2.05, 4.69) is 17.9 Å². The number of nitrogens with one attached hydrogen (secondary N) is 1. The molecule has 1 aliphatic heterocycles. The zero-order chi connectivity index (χ0) is 14.6. The number of carbonyl (C=O) groups excluding carboxylic acids is 1. The molecule has 1 saturated heterocycles. The minimum atomic E-state index is -2.89. The topological polar surface area (TPSA) is 63.2 Å². The van der Waals surface area contributed by atoms with Gasteiger partial charge >= 0.3 is 0 Å². The van der Waals surface area contributed by atoms with Crippen LogP contribution in [0.25, 0.3) is 0 Å². The Kier molecular flexibility index (Phi) is 5.10. The van der Waals surface area contributed by atoms with E-state index in [1.807, 2.05) is 30.3 Å². The number of thiol groups is 1. The zero-order valence-electron chi connectivity index (χ0n) is 11.2. The van der Waals surface area contributed by atoms with E-state index in [9.17, 15) is 13.2 Å². The Morgan fingerprint density at radius 2 is 1.85 bits per heavy atom. The molecule has 20 heavy (non-hydrogen) atoms. The predicted molar refractivity (Wildman–Crippen MR) is 82.7 cm³/mol. The van der Waals surface area contributed by atoms with Crippen molar-refractivity contribution in [1.82, 2.24) is 5.32 Å². The van der Waals surface area contributed by atoms with Gasteiger partial charge in [0.2, 0.25) is 5.91 Å². The summed E-state index contributed by atoms with van der Waals surface area (Å²) in [5.74, 6) is 0.198. The van der Waals surface area contributed by atoms with Crippen molar-refractivity contribution in [3.63, 3.8) is 0 Å². The lowest BCUT2D eigenvalue weighted by atomic mass is 10.1. The van der Waals surface area contributed by atoms with Crippen LogP contribution < -0.4 is 5.32 Å². The second kappa shape index (κ2) is 6.63. The molecule has 1 fully saturated rings. The minimum absolute atomic E-state index is 0.0450. The predicted octanol–water partition coefficient (Wildman–Crippen LogP) is 1.22. The monoisotopic (exact) mass is 313 g/mol. The molecular formula is C14H19NO3S2. The summed E-state index contributed by atoms with van der Waals surface area (Å²) in [5.41, 5.74) is 1.06. The molecule has 0 saturated carbocycles. The van der Waals surface area contributed by atoms with Gasteiger partial charge in [0.25, 0.3) is 0 Å². The standard InChI is InChI=1S/C14H19NO3S2/c16-14(13(19)10-11-4-2-1-3-5-11)15-12-6-8-20(17,18)9-7-12/h1-5,12-13,19H,6-10H2,(H,15,16). The number of hydrogen-bond donors (Lipinski definition) is 2. The molecule has 0 bridgehead atoms. The highest BCUT2D eigenvalue weighted by atomic mass is 32.2. The number of rotatable bonds is 4. The van der Waals surface area contributed by atoms with E-state index in [0.29, 0.717) is 19.3 Å². The van der Waals surface area contributed by atoms with Crippen molar-refractivity contribution < 1.29 is 13.2 Å². The van der Waals surface area contributed by atoms with E-state index < -0.39 is 15.1 Å². The zero-order valence-corrected chi connectivity index (χ0v) is 12.9. The van der Waals surface area contributed by atoms with E-state index in [1.54, 1.807) is 0 Å². The maximum absolute atomic E-state index is 12.0. The third-order valence-corrected chi connectivity index (χ3v) is 5.61. The summed E-state index contributed by atoms with van der Waals surface area (Å²) in [4.78, 5) is 12.0. The molecule has 2 rings (SSSR count). The van der Waals surface area contributed by atoms with Crippen LogP contribution in [-0.4, -0.2) is 37.1 Å². The van der Waals surface area contributed by atoms with Crippen LogP contribution in [0.5, 0.6) is 0 Å². The highest BCUT2D eigenvalue weighted by Gasteiger charge is 2.26.